The van der Waals surface area contributed by atoms with E-state index in [4.69, 9.17) is 4.42 Å². The molecule has 0 saturated heterocycles. The molecule has 1 amide bonds. The minimum atomic E-state index is -0.639. The fraction of sp³-hybridized carbons (Fsp3) is 0.111. The number of aromatic nitrogens is 2. The molecule has 0 spiro atoms. The highest BCUT2D eigenvalue weighted by Gasteiger charge is 2.45. The first-order valence-electron chi connectivity index (χ1n) is 11.1. The summed E-state index contributed by atoms with van der Waals surface area (Å²) >= 11 is 2.90. The standard InChI is InChI=1S/C27H19N3O3S2/c1-16-12-13-20-19(14-16)23(31)21-22(18-10-6-3-7-11-18)30(25(32)24(21)33-20)26-28-29-27(35-26)34-15-17-8-4-2-5-9-17/h2-14,22H,15H2,1H3. The maximum Gasteiger partial charge on any atom is 0.297 e. The first kappa shape index (κ1) is 21.8. The first-order valence-corrected chi connectivity index (χ1v) is 12.9. The molecule has 35 heavy (non-hydrogen) atoms. The molecule has 1 aliphatic heterocycles. The number of anilines is 1. The van der Waals surface area contributed by atoms with Crippen molar-refractivity contribution in [2.24, 2.45) is 0 Å². The number of hydrogen-bond acceptors (Lipinski definition) is 7. The van der Waals surface area contributed by atoms with Crippen LogP contribution < -0.4 is 10.3 Å². The lowest BCUT2D eigenvalue weighted by Crippen LogP contribution is -2.29. The van der Waals surface area contributed by atoms with Crippen molar-refractivity contribution in [1.29, 1.82) is 0 Å². The van der Waals surface area contributed by atoms with Gasteiger partial charge in [0, 0.05) is 5.75 Å². The van der Waals surface area contributed by atoms with Crippen LogP contribution in [0.1, 0.15) is 38.9 Å². The fourth-order valence-electron chi connectivity index (χ4n) is 4.31. The van der Waals surface area contributed by atoms with Gasteiger partial charge in [0.05, 0.1) is 17.0 Å². The summed E-state index contributed by atoms with van der Waals surface area (Å²) < 4.78 is 6.78. The third kappa shape index (κ3) is 3.84. The average Bonchev–Trinajstić information content (AvgIpc) is 3.47. The number of carbonyl (C=O) groups is 1. The van der Waals surface area contributed by atoms with Gasteiger partial charge in [0.1, 0.15) is 5.58 Å². The Morgan fingerprint density at radius 2 is 1.71 bits per heavy atom. The highest BCUT2D eigenvalue weighted by atomic mass is 32.2. The van der Waals surface area contributed by atoms with Gasteiger partial charge in [-0.25, -0.2) is 0 Å². The Hall–Kier alpha value is -3.75. The Labute approximate surface area is 209 Å². The monoisotopic (exact) mass is 497 g/mol. The lowest BCUT2D eigenvalue weighted by Gasteiger charge is -2.21. The third-order valence-corrected chi connectivity index (χ3v) is 8.07. The van der Waals surface area contributed by atoms with E-state index in [2.05, 4.69) is 22.3 Å². The van der Waals surface area contributed by atoms with Crippen molar-refractivity contribution < 1.29 is 9.21 Å². The molecule has 0 saturated carbocycles. The van der Waals surface area contributed by atoms with E-state index in [1.807, 2.05) is 61.5 Å². The molecule has 1 aliphatic rings. The minimum Gasteiger partial charge on any atom is -0.450 e. The molecule has 6 nitrogen and oxygen atoms in total. The molecule has 0 aliphatic carbocycles. The lowest BCUT2D eigenvalue weighted by molar-refractivity contribution is 0.0970. The highest BCUT2D eigenvalue weighted by Crippen LogP contribution is 2.43. The topological polar surface area (TPSA) is 76.3 Å². The second-order valence-corrected chi connectivity index (χ2v) is 10.5. The normalized spacial score (nSPS) is 15.1. The van der Waals surface area contributed by atoms with E-state index in [0.29, 0.717) is 21.7 Å². The van der Waals surface area contributed by atoms with Crippen molar-refractivity contribution in [3.8, 4) is 0 Å². The second kappa shape index (κ2) is 8.79. The summed E-state index contributed by atoms with van der Waals surface area (Å²) in [6.45, 7) is 1.92. The average molecular weight is 498 g/mol. The summed E-state index contributed by atoms with van der Waals surface area (Å²) in [6.07, 6.45) is 0. The van der Waals surface area contributed by atoms with Crippen LogP contribution in [0.2, 0.25) is 0 Å². The molecule has 0 N–H and O–H groups in total. The summed E-state index contributed by atoms with van der Waals surface area (Å²) in [7, 11) is 0. The van der Waals surface area contributed by atoms with Crippen LogP contribution >= 0.6 is 23.1 Å². The van der Waals surface area contributed by atoms with E-state index >= 15 is 0 Å². The van der Waals surface area contributed by atoms with E-state index < -0.39 is 6.04 Å². The Bertz CT molecular complexity index is 1610. The number of fused-ring (bicyclic) bond motifs is 2. The number of benzene rings is 3. The Balaban J connectivity index is 1.44. The molecule has 8 heteroatoms. The molecule has 2 aromatic heterocycles. The van der Waals surface area contributed by atoms with Crippen molar-refractivity contribution in [2.75, 3.05) is 4.90 Å². The van der Waals surface area contributed by atoms with Gasteiger partial charge in [-0.3, -0.25) is 14.5 Å². The molecule has 0 bridgehead atoms. The molecule has 5 aromatic rings. The Kier molecular flexibility index (Phi) is 5.47. The predicted octanol–water partition coefficient (Wildman–Crippen LogP) is 6.00. The summed E-state index contributed by atoms with van der Waals surface area (Å²) in [6, 6.07) is 24.4. The van der Waals surface area contributed by atoms with Gasteiger partial charge in [-0.2, -0.15) is 0 Å². The van der Waals surface area contributed by atoms with Crippen LogP contribution in [-0.2, 0) is 5.75 Å². The zero-order chi connectivity index (χ0) is 23.9. The summed E-state index contributed by atoms with van der Waals surface area (Å²) in [5.41, 5.74) is 3.49. The third-order valence-electron chi connectivity index (χ3n) is 5.95. The van der Waals surface area contributed by atoms with E-state index in [-0.39, 0.29) is 17.1 Å². The van der Waals surface area contributed by atoms with E-state index in [1.54, 1.807) is 28.8 Å². The van der Waals surface area contributed by atoms with Crippen LogP contribution in [0.15, 0.2) is 92.4 Å². The molecule has 1 unspecified atom stereocenters. The smallest absolute Gasteiger partial charge is 0.297 e. The first-order chi connectivity index (χ1) is 17.1. The van der Waals surface area contributed by atoms with Crippen molar-refractivity contribution in [3.05, 3.63) is 117 Å². The molecular weight excluding hydrogens is 478 g/mol. The summed E-state index contributed by atoms with van der Waals surface area (Å²) in [4.78, 5) is 28.9. The second-order valence-electron chi connectivity index (χ2n) is 8.29. The van der Waals surface area contributed by atoms with Gasteiger partial charge in [0.15, 0.2) is 9.77 Å². The molecule has 0 fully saturated rings. The minimum absolute atomic E-state index is 0.0638. The van der Waals surface area contributed by atoms with Gasteiger partial charge in [0.2, 0.25) is 10.9 Å². The molecule has 172 valence electrons. The zero-order valence-electron chi connectivity index (χ0n) is 18.7. The van der Waals surface area contributed by atoms with Gasteiger partial charge in [-0.05, 0) is 30.2 Å². The molecule has 1 atom stereocenters. The Morgan fingerprint density at radius 1 is 0.971 bits per heavy atom. The van der Waals surface area contributed by atoms with Gasteiger partial charge < -0.3 is 4.42 Å². The molecular formula is C27H19N3O3S2. The molecule has 0 radical (unpaired) electrons. The van der Waals surface area contributed by atoms with Crippen LogP contribution in [-0.4, -0.2) is 16.1 Å². The highest BCUT2D eigenvalue weighted by molar-refractivity contribution is 8.00. The Morgan fingerprint density at radius 3 is 2.49 bits per heavy atom. The van der Waals surface area contributed by atoms with E-state index in [1.165, 1.54) is 16.9 Å². The van der Waals surface area contributed by atoms with Crippen LogP contribution in [0, 0.1) is 6.92 Å². The van der Waals surface area contributed by atoms with Crippen LogP contribution in [0.25, 0.3) is 11.0 Å². The van der Waals surface area contributed by atoms with E-state index in [9.17, 15) is 9.59 Å². The lowest BCUT2D eigenvalue weighted by atomic mass is 9.98. The van der Waals surface area contributed by atoms with Gasteiger partial charge in [-0.15, -0.1) is 10.2 Å². The number of amides is 1. The molecule has 6 rings (SSSR count). The van der Waals surface area contributed by atoms with Gasteiger partial charge >= 0.3 is 0 Å². The maximum absolute atomic E-state index is 13.7. The number of nitrogens with zero attached hydrogens (tertiary/aromatic N) is 3. The maximum atomic E-state index is 13.7. The SMILES string of the molecule is Cc1ccc2oc3c(c(=O)c2c1)C(c1ccccc1)N(c1nnc(SCc2ccccc2)s1)C3=O. The van der Waals surface area contributed by atoms with Gasteiger partial charge in [-0.1, -0.05) is 95.4 Å². The zero-order valence-corrected chi connectivity index (χ0v) is 20.3. The summed E-state index contributed by atoms with van der Waals surface area (Å²) in [5, 5.41) is 9.57. The predicted molar refractivity (Wildman–Crippen MR) is 138 cm³/mol. The largest absolute Gasteiger partial charge is 0.450 e. The number of carbonyl (C=O) groups excluding carboxylic acids is 1. The molecule has 3 heterocycles. The van der Waals surface area contributed by atoms with Crippen molar-refractivity contribution in [1.82, 2.24) is 10.2 Å². The van der Waals surface area contributed by atoms with Crippen LogP contribution in [0.5, 0.6) is 0 Å². The van der Waals surface area contributed by atoms with Crippen LogP contribution in [0.3, 0.4) is 0 Å². The number of hydrogen-bond donors (Lipinski definition) is 0. The van der Waals surface area contributed by atoms with E-state index in [0.717, 1.165) is 21.2 Å². The number of aryl methyl sites for hydroxylation is 1. The van der Waals surface area contributed by atoms with Crippen molar-refractivity contribution in [3.63, 3.8) is 0 Å². The number of thioether (sulfide) groups is 1. The van der Waals surface area contributed by atoms with Gasteiger partial charge in [0.25, 0.3) is 5.91 Å². The molecule has 3 aromatic carbocycles. The number of rotatable bonds is 5. The van der Waals surface area contributed by atoms with Crippen LogP contribution in [0.4, 0.5) is 5.13 Å². The quantitative estimate of drug-likeness (QED) is 0.219. The summed E-state index contributed by atoms with van der Waals surface area (Å²) in [5.74, 6) is 0.425. The fourth-order valence-corrected chi connectivity index (χ4v) is 6.14. The van der Waals surface area contributed by atoms with Crippen molar-refractivity contribution in [2.45, 2.75) is 23.1 Å². The van der Waals surface area contributed by atoms with Crippen molar-refractivity contribution >= 4 is 45.1 Å².